The molecule has 4 rings (SSSR count). The molecule has 1 atom stereocenters. The fraction of sp³-hybridized carbons (Fsp3) is 0.611. The van der Waals surface area contributed by atoms with E-state index in [1.54, 1.807) is 12.4 Å². The van der Waals surface area contributed by atoms with Gasteiger partial charge in [-0.05, 0) is 25.7 Å². The summed E-state index contributed by atoms with van der Waals surface area (Å²) < 4.78 is 8.12. The molecule has 2 aliphatic rings. The largest absolute Gasteiger partial charge is 0.475 e. The Kier molecular flexibility index (Phi) is 4.22. The summed E-state index contributed by atoms with van der Waals surface area (Å²) in [5.74, 6) is 1.46. The third kappa shape index (κ3) is 3.15. The van der Waals surface area contributed by atoms with Crippen molar-refractivity contribution >= 4 is 0 Å². The number of fused-ring (bicyclic) bond motifs is 1. The Bertz CT molecular complexity index is 709. The van der Waals surface area contributed by atoms with E-state index >= 15 is 0 Å². The van der Waals surface area contributed by atoms with Crippen LogP contribution in [-0.2, 0) is 20.0 Å². The minimum Gasteiger partial charge on any atom is -0.475 e. The van der Waals surface area contributed by atoms with Gasteiger partial charge in [-0.15, -0.1) is 0 Å². The van der Waals surface area contributed by atoms with Crippen LogP contribution in [0.5, 0.6) is 5.88 Å². The molecule has 6 nitrogen and oxygen atoms in total. The van der Waals surface area contributed by atoms with Crippen LogP contribution < -0.4 is 4.74 Å². The average Bonchev–Trinajstić information content (AvgIpc) is 2.89. The number of nitrogens with zero attached hydrogens (tertiary/aromatic N) is 5. The molecule has 0 saturated heterocycles. The molecule has 3 heterocycles. The van der Waals surface area contributed by atoms with Crippen molar-refractivity contribution in [1.82, 2.24) is 24.4 Å². The van der Waals surface area contributed by atoms with Crippen LogP contribution in [0.1, 0.15) is 36.3 Å². The van der Waals surface area contributed by atoms with Crippen molar-refractivity contribution in [3.05, 3.63) is 35.8 Å². The molecule has 0 aromatic carbocycles. The first-order valence-corrected chi connectivity index (χ1v) is 8.83. The van der Waals surface area contributed by atoms with Crippen LogP contribution in [0.25, 0.3) is 0 Å². The minimum atomic E-state index is 0.371. The van der Waals surface area contributed by atoms with E-state index in [9.17, 15) is 0 Å². The highest BCUT2D eigenvalue weighted by atomic mass is 16.5. The lowest BCUT2D eigenvalue weighted by Gasteiger charge is -2.39. The van der Waals surface area contributed by atoms with Crippen LogP contribution in [0, 0.1) is 12.8 Å². The molecule has 2 aromatic heterocycles. The van der Waals surface area contributed by atoms with Crippen LogP contribution >= 0.6 is 0 Å². The number of aromatic nitrogens is 4. The molecule has 0 amide bonds. The van der Waals surface area contributed by atoms with Crippen molar-refractivity contribution in [2.45, 2.75) is 45.2 Å². The molecule has 2 aromatic rings. The maximum Gasteiger partial charge on any atom is 0.232 e. The molecule has 128 valence electrons. The van der Waals surface area contributed by atoms with Gasteiger partial charge in [0, 0.05) is 44.5 Å². The molecular formula is C18H25N5O. The van der Waals surface area contributed by atoms with Crippen molar-refractivity contribution in [3.8, 4) is 5.88 Å². The Morgan fingerprint density at radius 1 is 1.29 bits per heavy atom. The summed E-state index contributed by atoms with van der Waals surface area (Å²) in [5, 5.41) is 0. The molecule has 24 heavy (non-hydrogen) atoms. The van der Waals surface area contributed by atoms with Crippen LogP contribution in [-0.4, -0.2) is 43.6 Å². The zero-order chi connectivity index (χ0) is 16.5. The SMILES string of the molecule is Cc1cncc(OC[C@@H]2Cc3c(ncn3C)CN2CC2CCC2)n1. The van der Waals surface area contributed by atoms with E-state index in [4.69, 9.17) is 4.74 Å². The third-order valence-corrected chi connectivity index (χ3v) is 5.32. The number of aryl methyl sites for hydroxylation is 2. The van der Waals surface area contributed by atoms with Gasteiger partial charge in [-0.25, -0.2) is 9.97 Å². The average molecular weight is 327 g/mol. The Labute approximate surface area is 142 Å². The number of rotatable bonds is 5. The van der Waals surface area contributed by atoms with E-state index < -0.39 is 0 Å². The fourth-order valence-corrected chi connectivity index (χ4v) is 3.65. The van der Waals surface area contributed by atoms with Crippen molar-refractivity contribution in [2.24, 2.45) is 13.0 Å². The molecule has 0 bridgehead atoms. The molecule has 0 radical (unpaired) electrons. The number of hydrogen-bond acceptors (Lipinski definition) is 5. The Hall–Kier alpha value is -1.95. The number of hydrogen-bond donors (Lipinski definition) is 0. The Balaban J connectivity index is 1.48. The van der Waals surface area contributed by atoms with Crippen LogP contribution in [0.3, 0.4) is 0 Å². The number of imidazole rings is 1. The molecule has 0 unspecified atom stereocenters. The van der Waals surface area contributed by atoms with Gasteiger partial charge in [0.2, 0.25) is 5.88 Å². The quantitative estimate of drug-likeness (QED) is 0.842. The fourth-order valence-electron chi connectivity index (χ4n) is 3.65. The highest BCUT2D eigenvalue weighted by Crippen LogP contribution is 2.31. The Morgan fingerprint density at radius 2 is 2.17 bits per heavy atom. The van der Waals surface area contributed by atoms with E-state index in [1.165, 1.54) is 30.7 Å². The molecule has 0 N–H and O–H groups in total. The van der Waals surface area contributed by atoms with E-state index in [2.05, 4.69) is 31.5 Å². The van der Waals surface area contributed by atoms with E-state index in [1.807, 2.05) is 13.3 Å². The highest BCUT2D eigenvalue weighted by molar-refractivity contribution is 5.18. The monoisotopic (exact) mass is 327 g/mol. The first-order chi connectivity index (χ1) is 11.7. The normalized spacial score (nSPS) is 21.3. The summed E-state index contributed by atoms with van der Waals surface area (Å²) in [4.78, 5) is 15.7. The lowest BCUT2D eigenvalue weighted by molar-refractivity contribution is 0.0774. The molecule has 0 spiro atoms. The second kappa shape index (κ2) is 6.51. The summed E-state index contributed by atoms with van der Waals surface area (Å²) in [5.41, 5.74) is 3.45. The van der Waals surface area contributed by atoms with Gasteiger partial charge in [-0.2, -0.15) is 0 Å². The summed E-state index contributed by atoms with van der Waals surface area (Å²) in [6.07, 6.45) is 10.5. The second-order valence-corrected chi connectivity index (χ2v) is 7.14. The second-order valence-electron chi connectivity index (χ2n) is 7.14. The Morgan fingerprint density at radius 3 is 2.92 bits per heavy atom. The van der Waals surface area contributed by atoms with Gasteiger partial charge >= 0.3 is 0 Å². The summed E-state index contributed by atoms with van der Waals surface area (Å²) in [6.45, 7) is 4.67. The third-order valence-electron chi connectivity index (χ3n) is 5.32. The zero-order valence-corrected chi connectivity index (χ0v) is 14.5. The van der Waals surface area contributed by atoms with Crippen molar-refractivity contribution in [1.29, 1.82) is 0 Å². The van der Waals surface area contributed by atoms with Gasteiger partial charge in [-0.1, -0.05) is 6.42 Å². The molecule has 1 saturated carbocycles. The van der Waals surface area contributed by atoms with E-state index in [0.717, 1.165) is 31.1 Å². The highest BCUT2D eigenvalue weighted by Gasteiger charge is 2.32. The van der Waals surface area contributed by atoms with Gasteiger partial charge in [0.15, 0.2) is 0 Å². The van der Waals surface area contributed by atoms with E-state index in [0.29, 0.717) is 18.5 Å². The van der Waals surface area contributed by atoms with Crippen LogP contribution in [0.4, 0.5) is 0 Å². The molecule has 1 aliphatic carbocycles. The maximum atomic E-state index is 5.98. The van der Waals surface area contributed by atoms with Gasteiger partial charge in [-0.3, -0.25) is 9.88 Å². The first kappa shape index (κ1) is 15.6. The standard InChI is InChI=1S/C18H25N5O/c1-13-7-19-8-18(21-13)24-11-15-6-17-16(20-12-22(17)2)10-23(15)9-14-4-3-5-14/h7-8,12,14-15H,3-6,9-11H2,1-2H3/t15-/m0/s1. The first-order valence-electron chi connectivity index (χ1n) is 8.83. The van der Waals surface area contributed by atoms with Gasteiger partial charge in [0.25, 0.3) is 0 Å². The van der Waals surface area contributed by atoms with Gasteiger partial charge < -0.3 is 9.30 Å². The van der Waals surface area contributed by atoms with Gasteiger partial charge in [0.05, 0.1) is 23.9 Å². The molecular weight excluding hydrogens is 302 g/mol. The minimum absolute atomic E-state index is 0.371. The molecule has 1 fully saturated rings. The van der Waals surface area contributed by atoms with Crippen molar-refractivity contribution in [3.63, 3.8) is 0 Å². The predicted molar refractivity (Wildman–Crippen MR) is 90.7 cm³/mol. The smallest absolute Gasteiger partial charge is 0.232 e. The summed E-state index contributed by atoms with van der Waals surface area (Å²) in [7, 11) is 2.08. The number of ether oxygens (including phenoxy) is 1. The predicted octanol–water partition coefficient (Wildman–Crippen LogP) is 2.12. The lowest BCUT2D eigenvalue weighted by Crippen LogP contribution is -2.47. The van der Waals surface area contributed by atoms with E-state index in [-0.39, 0.29) is 0 Å². The topological polar surface area (TPSA) is 56.1 Å². The summed E-state index contributed by atoms with van der Waals surface area (Å²) >= 11 is 0. The van der Waals surface area contributed by atoms with Crippen LogP contribution in [0.15, 0.2) is 18.7 Å². The van der Waals surface area contributed by atoms with Crippen LogP contribution in [0.2, 0.25) is 0 Å². The summed E-state index contributed by atoms with van der Waals surface area (Å²) in [6, 6.07) is 0.371. The van der Waals surface area contributed by atoms with Gasteiger partial charge in [0.1, 0.15) is 6.61 Å². The van der Waals surface area contributed by atoms with Crippen molar-refractivity contribution < 1.29 is 4.74 Å². The lowest BCUT2D eigenvalue weighted by atomic mass is 9.84. The zero-order valence-electron chi connectivity index (χ0n) is 14.5. The van der Waals surface area contributed by atoms with Crippen molar-refractivity contribution in [2.75, 3.05) is 13.2 Å². The maximum absolute atomic E-state index is 5.98. The molecule has 6 heteroatoms. The molecule has 1 aliphatic heterocycles.